The fourth-order valence-electron chi connectivity index (χ4n) is 2.31. The van der Waals surface area contributed by atoms with Crippen LogP contribution in [0.3, 0.4) is 0 Å². The van der Waals surface area contributed by atoms with Gasteiger partial charge in [-0.2, -0.15) is 4.57 Å². The van der Waals surface area contributed by atoms with E-state index in [1.165, 1.54) is 24.3 Å². The Balaban J connectivity index is 2.45. The molecule has 0 amide bonds. The van der Waals surface area contributed by atoms with Crippen LogP contribution in [0.5, 0.6) is 0 Å². The molecule has 1 heterocycles. The van der Waals surface area contributed by atoms with Gasteiger partial charge >= 0.3 is 0 Å². The third kappa shape index (κ3) is 5.00. The number of hydrogen-bond acceptors (Lipinski definition) is 4. The standard InChI is InChI=1S/C19H22FN3O2S/c1-22(2)16-8-11-23(12-9-16)17(19(26)21-10-13-25-3)18(24)14-4-6-15(20)7-5-14/h4-9,11-12H,10,13H2,1-3H3,(H-,21,24,26)/p+1. The summed E-state index contributed by atoms with van der Waals surface area (Å²) in [4.78, 5) is 2.34. The van der Waals surface area contributed by atoms with Gasteiger partial charge in [-0.3, -0.25) is 0 Å². The van der Waals surface area contributed by atoms with Crippen molar-refractivity contribution in [3.05, 3.63) is 60.2 Å². The quantitative estimate of drug-likeness (QED) is 0.256. The number of nitrogens with one attached hydrogen (secondary N) is 1. The number of methoxy groups -OCH3 is 1. The average molecular weight is 376 g/mol. The molecule has 0 radical (unpaired) electrons. The van der Waals surface area contributed by atoms with Crippen molar-refractivity contribution in [2.45, 2.75) is 0 Å². The Hall–Kier alpha value is -2.51. The predicted octanol–water partition coefficient (Wildman–Crippen LogP) is 2.63. The SMILES string of the molecule is COCCNC(=S)/C(=C(\O)c1ccc(F)cc1)[n+]1ccc(N(C)C)cc1. The largest absolute Gasteiger partial charge is 0.502 e. The van der Waals surface area contributed by atoms with Crippen molar-refractivity contribution in [2.24, 2.45) is 0 Å². The smallest absolute Gasteiger partial charge is 0.287 e. The first-order chi connectivity index (χ1) is 12.4. The molecule has 26 heavy (non-hydrogen) atoms. The van der Waals surface area contributed by atoms with E-state index in [9.17, 15) is 9.50 Å². The minimum absolute atomic E-state index is 0.0393. The zero-order valence-corrected chi connectivity index (χ0v) is 15.9. The Bertz CT molecular complexity index is 774. The number of thiocarbonyl (C=S) groups is 1. The summed E-state index contributed by atoms with van der Waals surface area (Å²) in [7, 11) is 5.50. The predicted molar refractivity (Wildman–Crippen MR) is 106 cm³/mol. The van der Waals surface area contributed by atoms with Gasteiger partial charge in [-0.05, 0) is 24.3 Å². The summed E-state index contributed by atoms with van der Waals surface area (Å²) in [5.74, 6) is -0.408. The molecule has 5 nitrogen and oxygen atoms in total. The molecular formula is C19H23FN3O2S+. The van der Waals surface area contributed by atoms with Crippen LogP contribution in [0.25, 0.3) is 11.5 Å². The first kappa shape index (κ1) is 19.8. The summed E-state index contributed by atoms with van der Waals surface area (Å²) in [6.07, 6.45) is 3.63. The zero-order chi connectivity index (χ0) is 19.1. The molecule has 0 unspecified atom stereocenters. The minimum Gasteiger partial charge on any atom is -0.502 e. The normalized spacial score (nSPS) is 11.7. The third-order valence-electron chi connectivity index (χ3n) is 3.74. The summed E-state index contributed by atoms with van der Waals surface area (Å²) in [6.45, 7) is 0.987. The number of benzene rings is 1. The number of rotatable bonds is 7. The van der Waals surface area contributed by atoms with Crippen LogP contribution in [0, 0.1) is 5.82 Å². The molecule has 0 fully saturated rings. The van der Waals surface area contributed by atoms with Crippen molar-refractivity contribution in [3.63, 3.8) is 0 Å². The highest BCUT2D eigenvalue weighted by molar-refractivity contribution is 7.81. The first-order valence-corrected chi connectivity index (χ1v) is 8.50. The molecule has 1 aromatic carbocycles. The minimum atomic E-state index is -0.369. The van der Waals surface area contributed by atoms with Crippen LogP contribution >= 0.6 is 12.2 Å². The number of ether oxygens (including phenoxy) is 1. The Labute approximate surface area is 158 Å². The number of pyridine rings is 1. The maximum Gasteiger partial charge on any atom is 0.287 e. The monoisotopic (exact) mass is 376 g/mol. The molecule has 0 bridgehead atoms. The number of nitrogens with zero attached hydrogens (tertiary/aromatic N) is 2. The molecule has 7 heteroatoms. The van der Waals surface area contributed by atoms with Gasteiger partial charge in [0.15, 0.2) is 23.1 Å². The number of aromatic nitrogens is 1. The lowest BCUT2D eigenvalue weighted by atomic mass is 10.1. The van der Waals surface area contributed by atoms with Crippen LogP contribution in [0.2, 0.25) is 0 Å². The molecule has 2 aromatic rings. The van der Waals surface area contributed by atoms with E-state index in [0.29, 0.717) is 29.4 Å². The lowest BCUT2D eigenvalue weighted by Crippen LogP contribution is -2.41. The molecule has 0 spiro atoms. The Morgan fingerprint density at radius 1 is 1.19 bits per heavy atom. The van der Waals surface area contributed by atoms with Gasteiger partial charge in [0.25, 0.3) is 5.70 Å². The van der Waals surface area contributed by atoms with Gasteiger partial charge in [-0.25, -0.2) is 4.39 Å². The van der Waals surface area contributed by atoms with Crippen LogP contribution in [-0.2, 0) is 4.74 Å². The highest BCUT2D eigenvalue weighted by Gasteiger charge is 2.23. The highest BCUT2D eigenvalue weighted by atomic mass is 32.1. The molecule has 2 rings (SSSR count). The van der Waals surface area contributed by atoms with E-state index in [2.05, 4.69) is 5.32 Å². The molecule has 0 aliphatic heterocycles. The number of anilines is 1. The zero-order valence-electron chi connectivity index (χ0n) is 15.1. The summed E-state index contributed by atoms with van der Waals surface area (Å²) in [5, 5.41) is 13.9. The van der Waals surface area contributed by atoms with E-state index < -0.39 is 0 Å². The third-order valence-corrected chi connectivity index (χ3v) is 4.07. The fourth-order valence-corrected chi connectivity index (χ4v) is 2.61. The summed E-state index contributed by atoms with van der Waals surface area (Å²) >= 11 is 5.47. The molecule has 138 valence electrons. The summed E-state index contributed by atoms with van der Waals surface area (Å²) in [6, 6.07) is 9.44. The molecular weight excluding hydrogens is 353 g/mol. The number of halogens is 1. The van der Waals surface area contributed by atoms with Gasteiger partial charge in [0, 0.05) is 51.1 Å². The van der Waals surface area contributed by atoms with Gasteiger partial charge in [-0.1, -0.05) is 12.2 Å². The molecule has 0 saturated carbocycles. The molecule has 1 aromatic heterocycles. The lowest BCUT2D eigenvalue weighted by Gasteiger charge is -2.12. The van der Waals surface area contributed by atoms with Crippen molar-refractivity contribution in [3.8, 4) is 0 Å². The van der Waals surface area contributed by atoms with Crippen LogP contribution in [0.1, 0.15) is 5.56 Å². The second-order valence-corrected chi connectivity index (χ2v) is 6.22. The van der Waals surface area contributed by atoms with Crippen molar-refractivity contribution >= 4 is 34.3 Å². The van der Waals surface area contributed by atoms with Gasteiger partial charge in [0.05, 0.1) is 6.61 Å². The van der Waals surface area contributed by atoms with E-state index in [1.807, 2.05) is 43.5 Å². The van der Waals surface area contributed by atoms with Crippen molar-refractivity contribution < 1.29 is 18.8 Å². The summed E-state index contributed by atoms with van der Waals surface area (Å²) < 4.78 is 20.0. The molecule has 0 aliphatic carbocycles. The fraction of sp³-hybridized carbons (Fsp3) is 0.263. The van der Waals surface area contributed by atoms with Gasteiger partial charge in [0.2, 0.25) is 0 Å². The maximum absolute atomic E-state index is 13.2. The molecule has 0 saturated heterocycles. The topological polar surface area (TPSA) is 48.6 Å². The van der Waals surface area contributed by atoms with Crippen molar-refractivity contribution in [1.82, 2.24) is 5.32 Å². The van der Waals surface area contributed by atoms with E-state index in [4.69, 9.17) is 17.0 Å². The first-order valence-electron chi connectivity index (χ1n) is 8.09. The van der Waals surface area contributed by atoms with Gasteiger partial charge < -0.3 is 20.1 Å². The number of aliphatic hydroxyl groups is 1. The van der Waals surface area contributed by atoms with Crippen LogP contribution in [0.15, 0.2) is 48.8 Å². The maximum atomic E-state index is 13.2. The highest BCUT2D eigenvalue weighted by Crippen LogP contribution is 2.18. The van der Waals surface area contributed by atoms with E-state index in [1.54, 1.807) is 11.7 Å². The number of aliphatic hydroxyl groups excluding tert-OH is 1. The molecule has 0 atom stereocenters. The molecule has 0 aliphatic rings. The van der Waals surface area contributed by atoms with E-state index >= 15 is 0 Å². The van der Waals surface area contributed by atoms with Crippen LogP contribution in [0.4, 0.5) is 10.1 Å². The lowest BCUT2D eigenvalue weighted by molar-refractivity contribution is -0.575. The van der Waals surface area contributed by atoms with Crippen molar-refractivity contribution in [2.75, 3.05) is 39.3 Å². The Morgan fingerprint density at radius 3 is 2.35 bits per heavy atom. The van der Waals surface area contributed by atoms with E-state index in [0.717, 1.165) is 5.69 Å². The number of hydrogen-bond donors (Lipinski definition) is 2. The van der Waals surface area contributed by atoms with Crippen molar-refractivity contribution in [1.29, 1.82) is 0 Å². The van der Waals surface area contributed by atoms with Gasteiger partial charge in [0.1, 0.15) is 5.82 Å². The summed E-state index contributed by atoms with van der Waals surface area (Å²) in [5.41, 5.74) is 1.90. The van der Waals surface area contributed by atoms with Crippen LogP contribution < -0.4 is 14.8 Å². The second-order valence-electron chi connectivity index (χ2n) is 5.81. The van der Waals surface area contributed by atoms with Gasteiger partial charge in [-0.15, -0.1) is 0 Å². The second kappa shape index (κ2) is 9.26. The molecule has 2 N–H and O–H groups in total. The van der Waals surface area contributed by atoms with Crippen LogP contribution in [-0.4, -0.2) is 44.5 Å². The Morgan fingerprint density at radius 2 is 1.81 bits per heavy atom. The van der Waals surface area contributed by atoms with E-state index in [-0.39, 0.29) is 11.6 Å². The Kier molecular flexibility index (Phi) is 7.06. The average Bonchev–Trinajstić information content (AvgIpc) is 2.63.